The second-order valence-electron chi connectivity index (χ2n) is 5.12. The predicted molar refractivity (Wildman–Crippen MR) is 85.9 cm³/mol. The van der Waals surface area contributed by atoms with E-state index in [4.69, 9.17) is 4.42 Å². The van der Waals surface area contributed by atoms with Gasteiger partial charge in [-0.2, -0.15) is 0 Å². The van der Waals surface area contributed by atoms with E-state index < -0.39 is 0 Å². The highest BCUT2D eigenvalue weighted by atomic mass is 16.4. The molecule has 0 aliphatic rings. The minimum atomic E-state index is -0.304. The van der Waals surface area contributed by atoms with Crippen LogP contribution in [0, 0.1) is 6.92 Å². The SMILES string of the molecule is Cc1cc(=O)oc2cc(NCCc3ccccc3)ccc12. The Morgan fingerprint density at radius 1 is 1.05 bits per heavy atom. The van der Waals surface area contributed by atoms with Crippen LogP contribution in [0.25, 0.3) is 11.0 Å². The van der Waals surface area contributed by atoms with Gasteiger partial charge in [0.05, 0.1) is 0 Å². The zero-order valence-electron chi connectivity index (χ0n) is 11.9. The Bertz CT molecular complexity index is 806. The summed E-state index contributed by atoms with van der Waals surface area (Å²) in [5, 5.41) is 4.34. The van der Waals surface area contributed by atoms with E-state index in [1.54, 1.807) is 0 Å². The maximum atomic E-state index is 11.4. The fraction of sp³-hybridized carbons (Fsp3) is 0.167. The van der Waals surface area contributed by atoms with Gasteiger partial charge in [0.1, 0.15) is 5.58 Å². The summed E-state index contributed by atoms with van der Waals surface area (Å²) in [5.74, 6) is 0. The lowest BCUT2D eigenvalue weighted by molar-refractivity contribution is 0.560. The van der Waals surface area contributed by atoms with Gasteiger partial charge in [-0.15, -0.1) is 0 Å². The molecule has 106 valence electrons. The van der Waals surface area contributed by atoms with Crippen LogP contribution in [0.4, 0.5) is 5.69 Å². The van der Waals surface area contributed by atoms with Crippen LogP contribution in [0.1, 0.15) is 11.1 Å². The van der Waals surface area contributed by atoms with Crippen LogP contribution in [-0.4, -0.2) is 6.54 Å². The van der Waals surface area contributed by atoms with Gasteiger partial charge < -0.3 is 9.73 Å². The van der Waals surface area contributed by atoms with Gasteiger partial charge in [0, 0.05) is 29.8 Å². The molecule has 0 unspecified atom stereocenters. The molecule has 0 aliphatic heterocycles. The van der Waals surface area contributed by atoms with Crippen molar-refractivity contribution in [2.24, 2.45) is 0 Å². The van der Waals surface area contributed by atoms with E-state index in [1.807, 2.05) is 43.3 Å². The molecule has 3 heteroatoms. The van der Waals surface area contributed by atoms with Gasteiger partial charge in [-0.05, 0) is 36.6 Å². The van der Waals surface area contributed by atoms with Gasteiger partial charge in [0.2, 0.25) is 0 Å². The molecule has 21 heavy (non-hydrogen) atoms. The maximum Gasteiger partial charge on any atom is 0.336 e. The summed E-state index contributed by atoms with van der Waals surface area (Å²) in [6, 6.07) is 17.7. The normalized spacial score (nSPS) is 10.7. The fourth-order valence-electron chi connectivity index (χ4n) is 2.43. The third kappa shape index (κ3) is 3.14. The number of aryl methyl sites for hydroxylation is 1. The summed E-state index contributed by atoms with van der Waals surface area (Å²) in [6.07, 6.45) is 0.955. The topological polar surface area (TPSA) is 42.2 Å². The average Bonchev–Trinajstić information content (AvgIpc) is 2.48. The molecule has 0 radical (unpaired) electrons. The zero-order valence-corrected chi connectivity index (χ0v) is 11.9. The summed E-state index contributed by atoms with van der Waals surface area (Å²) in [7, 11) is 0. The van der Waals surface area contributed by atoms with Gasteiger partial charge >= 0.3 is 5.63 Å². The summed E-state index contributed by atoms with van der Waals surface area (Å²) >= 11 is 0. The number of fused-ring (bicyclic) bond motifs is 1. The molecule has 0 saturated heterocycles. The maximum absolute atomic E-state index is 11.4. The van der Waals surface area contributed by atoms with Crippen LogP contribution in [-0.2, 0) is 6.42 Å². The monoisotopic (exact) mass is 279 g/mol. The highest BCUT2D eigenvalue weighted by Crippen LogP contribution is 2.20. The molecule has 3 rings (SSSR count). The lowest BCUT2D eigenvalue weighted by Gasteiger charge is -2.08. The zero-order chi connectivity index (χ0) is 14.7. The first-order valence-electron chi connectivity index (χ1n) is 7.05. The van der Waals surface area contributed by atoms with Crippen molar-refractivity contribution in [2.75, 3.05) is 11.9 Å². The Balaban J connectivity index is 1.74. The third-order valence-electron chi connectivity index (χ3n) is 3.54. The van der Waals surface area contributed by atoms with E-state index in [9.17, 15) is 4.79 Å². The Hall–Kier alpha value is -2.55. The third-order valence-corrected chi connectivity index (χ3v) is 3.54. The number of benzene rings is 2. The van der Waals surface area contributed by atoms with E-state index in [0.717, 1.165) is 29.6 Å². The minimum Gasteiger partial charge on any atom is -0.423 e. The molecule has 1 aromatic heterocycles. The Kier molecular flexibility index (Phi) is 3.73. The summed E-state index contributed by atoms with van der Waals surface area (Å²) < 4.78 is 5.25. The van der Waals surface area contributed by atoms with Crippen LogP contribution in [0.3, 0.4) is 0 Å². The smallest absolute Gasteiger partial charge is 0.336 e. The van der Waals surface area contributed by atoms with Crippen molar-refractivity contribution >= 4 is 16.7 Å². The Labute approximate surface area is 123 Å². The average molecular weight is 279 g/mol. The molecule has 0 fully saturated rings. The lowest BCUT2D eigenvalue weighted by atomic mass is 10.1. The molecule has 0 atom stereocenters. The van der Waals surface area contributed by atoms with Crippen LogP contribution in [0.2, 0.25) is 0 Å². The number of nitrogens with one attached hydrogen (secondary N) is 1. The van der Waals surface area contributed by atoms with Crippen molar-refractivity contribution in [3.63, 3.8) is 0 Å². The van der Waals surface area contributed by atoms with Crippen molar-refractivity contribution in [3.05, 3.63) is 76.1 Å². The first-order chi connectivity index (χ1) is 10.2. The molecule has 3 nitrogen and oxygen atoms in total. The minimum absolute atomic E-state index is 0.304. The number of anilines is 1. The Morgan fingerprint density at radius 3 is 2.67 bits per heavy atom. The van der Waals surface area contributed by atoms with E-state index >= 15 is 0 Å². The predicted octanol–water partition coefficient (Wildman–Crippen LogP) is 3.76. The van der Waals surface area contributed by atoms with Gasteiger partial charge in [-0.25, -0.2) is 4.79 Å². The van der Waals surface area contributed by atoms with Crippen LogP contribution < -0.4 is 10.9 Å². The molecular formula is C18H17NO2. The molecule has 0 spiro atoms. The highest BCUT2D eigenvalue weighted by Gasteiger charge is 2.03. The lowest BCUT2D eigenvalue weighted by Crippen LogP contribution is -2.05. The molecule has 0 amide bonds. The van der Waals surface area contributed by atoms with Crippen LogP contribution in [0.5, 0.6) is 0 Å². The van der Waals surface area contributed by atoms with Crippen molar-refractivity contribution in [1.29, 1.82) is 0 Å². The molecule has 3 aromatic rings. The number of rotatable bonds is 4. The second-order valence-corrected chi connectivity index (χ2v) is 5.12. The van der Waals surface area contributed by atoms with E-state index in [-0.39, 0.29) is 5.63 Å². The fourth-order valence-corrected chi connectivity index (χ4v) is 2.43. The highest BCUT2D eigenvalue weighted by molar-refractivity contribution is 5.83. The standard InChI is InChI=1S/C18H17NO2/c1-13-11-18(20)21-17-12-15(7-8-16(13)17)19-10-9-14-5-3-2-4-6-14/h2-8,11-12,19H,9-10H2,1H3. The first-order valence-corrected chi connectivity index (χ1v) is 7.05. The molecule has 1 heterocycles. The van der Waals surface area contributed by atoms with Gasteiger partial charge in [0.25, 0.3) is 0 Å². The van der Waals surface area contributed by atoms with Gasteiger partial charge in [-0.1, -0.05) is 30.3 Å². The van der Waals surface area contributed by atoms with Crippen molar-refractivity contribution in [2.45, 2.75) is 13.3 Å². The molecule has 2 aromatic carbocycles. The second kappa shape index (κ2) is 5.83. The summed E-state index contributed by atoms with van der Waals surface area (Å²) in [6.45, 7) is 2.76. The van der Waals surface area contributed by atoms with Crippen molar-refractivity contribution in [3.8, 4) is 0 Å². The number of hydrogen-bond acceptors (Lipinski definition) is 3. The van der Waals surface area contributed by atoms with Crippen molar-refractivity contribution in [1.82, 2.24) is 0 Å². The summed E-state index contributed by atoms with van der Waals surface area (Å²) in [4.78, 5) is 11.4. The quantitative estimate of drug-likeness (QED) is 0.739. The van der Waals surface area contributed by atoms with Crippen molar-refractivity contribution < 1.29 is 4.42 Å². The van der Waals surface area contributed by atoms with Gasteiger partial charge in [-0.3, -0.25) is 0 Å². The molecular weight excluding hydrogens is 262 g/mol. The molecule has 0 bridgehead atoms. The molecule has 0 aliphatic carbocycles. The van der Waals surface area contributed by atoms with Crippen LogP contribution >= 0.6 is 0 Å². The van der Waals surface area contributed by atoms with Crippen LogP contribution in [0.15, 0.2) is 63.8 Å². The molecule has 1 N–H and O–H groups in total. The van der Waals surface area contributed by atoms with E-state index in [1.165, 1.54) is 11.6 Å². The van der Waals surface area contributed by atoms with Gasteiger partial charge in [0.15, 0.2) is 0 Å². The number of hydrogen-bond donors (Lipinski definition) is 1. The van der Waals surface area contributed by atoms with E-state index in [2.05, 4.69) is 17.4 Å². The largest absolute Gasteiger partial charge is 0.423 e. The summed E-state index contributed by atoms with van der Waals surface area (Å²) in [5.41, 5.74) is 3.53. The Morgan fingerprint density at radius 2 is 1.86 bits per heavy atom. The molecule has 0 saturated carbocycles. The van der Waals surface area contributed by atoms with E-state index in [0.29, 0.717) is 5.58 Å². The first kappa shape index (κ1) is 13.4.